The lowest BCUT2D eigenvalue weighted by molar-refractivity contribution is -0.147. The summed E-state index contributed by atoms with van der Waals surface area (Å²) in [5.41, 5.74) is 6.90. The Morgan fingerprint density at radius 3 is 2.60 bits per heavy atom. The van der Waals surface area contributed by atoms with Crippen molar-refractivity contribution in [1.29, 1.82) is 0 Å². The number of ether oxygens (including phenoxy) is 1. The van der Waals surface area contributed by atoms with Crippen LogP contribution in [0.5, 0.6) is 0 Å². The molecule has 0 bridgehead atoms. The van der Waals surface area contributed by atoms with Crippen LogP contribution in [0.4, 0.5) is 10.5 Å². The summed E-state index contributed by atoms with van der Waals surface area (Å²) in [5, 5.41) is 0. The Labute approximate surface area is 147 Å². The molecule has 1 aliphatic rings. The Hall–Kier alpha value is -2.03. The van der Waals surface area contributed by atoms with Crippen LogP contribution in [0.1, 0.15) is 32.9 Å². The maximum absolute atomic E-state index is 12.4. The van der Waals surface area contributed by atoms with Crippen molar-refractivity contribution < 1.29 is 22.7 Å². The molecular formula is C16H25N3O5S. The van der Waals surface area contributed by atoms with Gasteiger partial charge in [-0.2, -0.15) is 0 Å². The third-order valence-electron chi connectivity index (χ3n) is 4.41. The minimum atomic E-state index is -3.72. The molecule has 0 aliphatic carbocycles. The van der Waals surface area contributed by atoms with Gasteiger partial charge in [0.2, 0.25) is 0 Å². The van der Waals surface area contributed by atoms with E-state index < -0.39 is 20.6 Å². The highest BCUT2D eigenvalue weighted by Crippen LogP contribution is 2.27. The number of carbonyl (C=O) groups is 2. The fraction of sp³-hybridized carbons (Fsp3) is 0.625. The smallest absolute Gasteiger partial charge is 0.328 e. The number of esters is 1. The minimum Gasteiger partial charge on any atom is -0.464 e. The fourth-order valence-electron chi connectivity index (χ4n) is 2.60. The van der Waals surface area contributed by atoms with Crippen molar-refractivity contribution >= 4 is 27.5 Å². The molecule has 0 aromatic carbocycles. The Morgan fingerprint density at radius 1 is 1.44 bits per heavy atom. The molecule has 25 heavy (non-hydrogen) atoms. The molecule has 1 amide bonds. The Kier molecular flexibility index (Phi) is 5.17. The van der Waals surface area contributed by atoms with Crippen LogP contribution < -0.4 is 5.73 Å². The Bertz CT molecular complexity index is 784. The molecule has 2 rings (SSSR count). The molecule has 140 valence electrons. The van der Waals surface area contributed by atoms with Crippen molar-refractivity contribution in [3.8, 4) is 0 Å². The van der Waals surface area contributed by atoms with Gasteiger partial charge in [0.25, 0.3) is 0 Å². The number of nitrogens with two attached hydrogens (primary N) is 1. The first-order valence-corrected chi connectivity index (χ1v) is 9.97. The van der Waals surface area contributed by atoms with Crippen molar-refractivity contribution in [2.45, 2.75) is 38.5 Å². The van der Waals surface area contributed by atoms with Crippen LogP contribution in [-0.4, -0.2) is 54.0 Å². The van der Waals surface area contributed by atoms with Crippen molar-refractivity contribution in [1.82, 2.24) is 9.47 Å². The van der Waals surface area contributed by atoms with Gasteiger partial charge in [-0.05, 0) is 25.3 Å². The molecule has 1 aliphatic heterocycles. The average molecular weight is 371 g/mol. The standard InChI is InChI=1S/C16H25N3O5S/c1-11(2)10-24-14(20)16(3,25(4,22)23)5-6-18-9-13-7-12(17)8-19(13)15(18)21/h7-8,11H,5-6,9-10,17H2,1-4H3/t16-/m1/s1. The average Bonchev–Trinajstić information content (AvgIpc) is 2.99. The number of anilines is 1. The molecule has 0 unspecified atom stereocenters. The second-order valence-corrected chi connectivity index (χ2v) is 9.53. The van der Waals surface area contributed by atoms with Crippen LogP contribution in [0.3, 0.4) is 0 Å². The maximum atomic E-state index is 12.4. The van der Waals surface area contributed by atoms with Gasteiger partial charge in [-0.15, -0.1) is 0 Å². The van der Waals surface area contributed by atoms with Gasteiger partial charge in [-0.1, -0.05) is 13.8 Å². The van der Waals surface area contributed by atoms with Gasteiger partial charge in [0.05, 0.1) is 18.8 Å². The molecule has 2 heterocycles. The second kappa shape index (κ2) is 6.70. The second-order valence-electron chi connectivity index (χ2n) is 7.08. The van der Waals surface area contributed by atoms with Crippen LogP contribution in [0.15, 0.2) is 12.3 Å². The zero-order valence-electron chi connectivity index (χ0n) is 15.0. The summed E-state index contributed by atoms with van der Waals surface area (Å²) in [5.74, 6) is -0.677. The summed E-state index contributed by atoms with van der Waals surface area (Å²) >= 11 is 0. The largest absolute Gasteiger partial charge is 0.464 e. The summed E-state index contributed by atoms with van der Waals surface area (Å²) in [4.78, 5) is 26.2. The normalized spacial score (nSPS) is 16.8. The number of amides is 1. The Morgan fingerprint density at radius 2 is 2.08 bits per heavy atom. The highest BCUT2D eigenvalue weighted by molar-refractivity contribution is 7.92. The van der Waals surface area contributed by atoms with Crippen LogP contribution in [-0.2, 0) is 25.9 Å². The molecule has 2 N–H and O–H groups in total. The SMILES string of the molecule is CC(C)COC(=O)[C@@](C)(CCN1Cc2cc(N)cn2C1=O)S(C)(=O)=O. The first kappa shape index (κ1) is 19.3. The first-order chi connectivity index (χ1) is 11.5. The molecule has 0 spiro atoms. The molecule has 0 fully saturated rings. The third-order valence-corrected chi connectivity index (χ3v) is 6.41. The molecule has 1 aromatic heterocycles. The first-order valence-electron chi connectivity index (χ1n) is 8.08. The topological polar surface area (TPSA) is 112 Å². The number of hydrogen-bond donors (Lipinski definition) is 1. The Balaban J connectivity index is 2.10. The molecule has 0 radical (unpaired) electrons. The highest BCUT2D eigenvalue weighted by atomic mass is 32.2. The number of carbonyl (C=O) groups excluding carboxylic acids is 2. The third kappa shape index (κ3) is 3.81. The number of nitrogens with zero attached hydrogens (tertiary/aromatic N) is 2. The summed E-state index contributed by atoms with van der Waals surface area (Å²) in [7, 11) is -3.72. The van der Waals surface area contributed by atoms with E-state index in [0.29, 0.717) is 12.2 Å². The monoisotopic (exact) mass is 371 g/mol. The van der Waals surface area contributed by atoms with Crippen molar-refractivity contribution in [2.24, 2.45) is 5.92 Å². The molecule has 9 heteroatoms. The van der Waals surface area contributed by atoms with Gasteiger partial charge in [0, 0.05) is 24.7 Å². The van der Waals surface area contributed by atoms with E-state index in [0.717, 1.165) is 11.9 Å². The lowest BCUT2D eigenvalue weighted by atomic mass is 10.1. The number of rotatable bonds is 7. The van der Waals surface area contributed by atoms with Gasteiger partial charge < -0.3 is 15.4 Å². The van der Waals surface area contributed by atoms with Crippen molar-refractivity contribution in [3.63, 3.8) is 0 Å². The number of sulfone groups is 1. The molecule has 0 saturated carbocycles. The number of hydrogen-bond acceptors (Lipinski definition) is 6. The van der Waals surface area contributed by atoms with Gasteiger partial charge >= 0.3 is 12.0 Å². The molecular weight excluding hydrogens is 346 g/mol. The van der Waals surface area contributed by atoms with Crippen LogP contribution in [0.2, 0.25) is 0 Å². The van der Waals surface area contributed by atoms with E-state index in [9.17, 15) is 18.0 Å². The van der Waals surface area contributed by atoms with Gasteiger partial charge in [-0.25, -0.2) is 13.2 Å². The fourth-order valence-corrected chi connectivity index (χ4v) is 3.43. The van der Waals surface area contributed by atoms with E-state index in [1.807, 2.05) is 13.8 Å². The minimum absolute atomic E-state index is 0.0329. The van der Waals surface area contributed by atoms with E-state index in [1.165, 1.54) is 22.6 Å². The summed E-state index contributed by atoms with van der Waals surface area (Å²) in [6.45, 7) is 5.70. The molecule has 1 atom stereocenters. The molecule has 8 nitrogen and oxygen atoms in total. The number of aromatic nitrogens is 1. The van der Waals surface area contributed by atoms with Crippen LogP contribution in [0.25, 0.3) is 0 Å². The van der Waals surface area contributed by atoms with Crippen LogP contribution >= 0.6 is 0 Å². The van der Waals surface area contributed by atoms with Gasteiger partial charge in [0.1, 0.15) is 0 Å². The number of nitrogen functional groups attached to an aromatic ring is 1. The zero-order valence-corrected chi connectivity index (χ0v) is 15.8. The lowest BCUT2D eigenvalue weighted by Crippen LogP contribution is -2.47. The van der Waals surface area contributed by atoms with E-state index in [-0.39, 0.29) is 31.5 Å². The van der Waals surface area contributed by atoms with Gasteiger partial charge in [-0.3, -0.25) is 9.36 Å². The molecule has 1 aromatic rings. The van der Waals surface area contributed by atoms with Crippen molar-refractivity contribution in [3.05, 3.63) is 18.0 Å². The number of fused-ring (bicyclic) bond motifs is 1. The predicted molar refractivity (Wildman–Crippen MR) is 93.7 cm³/mol. The van der Waals surface area contributed by atoms with Gasteiger partial charge in [0.15, 0.2) is 14.6 Å². The summed E-state index contributed by atoms with van der Waals surface area (Å²) < 4.78 is 29.3. The van der Waals surface area contributed by atoms with E-state index >= 15 is 0 Å². The lowest BCUT2D eigenvalue weighted by Gasteiger charge is -2.28. The maximum Gasteiger partial charge on any atom is 0.328 e. The predicted octanol–water partition coefficient (Wildman–Crippen LogP) is 1.25. The van der Waals surface area contributed by atoms with E-state index in [1.54, 1.807) is 6.07 Å². The zero-order chi connectivity index (χ0) is 19.0. The highest BCUT2D eigenvalue weighted by Gasteiger charge is 2.45. The summed E-state index contributed by atoms with van der Waals surface area (Å²) in [6, 6.07) is 1.42. The van der Waals surface area contributed by atoms with E-state index in [2.05, 4.69) is 0 Å². The molecule has 0 saturated heterocycles. The van der Waals surface area contributed by atoms with E-state index in [4.69, 9.17) is 10.5 Å². The van der Waals surface area contributed by atoms with Crippen molar-refractivity contribution in [2.75, 3.05) is 25.1 Å². The van der Waals surface area contributed by atoms with Crippen LogP contribution in [0, 0.1) is 5.92 Å². The quantitative estimate of drug-likeness (QED) is 0.722. The summed E-state index contributed by atoms with van der Waals surface area (Å²) in [6.07, 6.45) is 2.51.